The Hall–Kier alpha value is -3.72. The van der Waals surface area contributed by atoms with E-state index < -0.39 is 11.6 Å². The van der Waals surface area contributed by atoms with Crippen LogP contribution in [0.1, 0.15) is 24.0 Å². The summed E-state index contributed by atoms with van der Waals surface area (Å²) in [5.74, 6) is -0.663. The van der Waals surface area contributed by atoms with E-state index in [1.807, 2.05) is 7.05 Å². The minimum absolute atomic E-state index is 0.0523. The first-order valence-corrected chi connectivity index (χ1v) is 11.2. The van der Waals surface area contributed by atoms with Crippen LogP contribution < -0.4 is 15.0 Å². The third kappa shape index (κ3) is 5.35. The van der Waals surface area contributed by atoms with Gasteiger partial charge in [-0.25, -0.2) is 8.78 Å². The molecule has 0 atom stereocenters. The number of hydrogen-bond donors (Lipinski definition) is 0. The highest BCUT2D eigenvalue weighted by atomic mass is 19.1. The highest BCUT2D eigenvalue weighted by molar-refractivity contribution is 6.12. The highest BCUT2D eigenvalue weighted by Crippen LogP contribution is 2.31. The molecule has 9 heteroatoms. The quantitative estimate of drug-likeness (QED) is 0.376. The summed E-state index contributed by atoms with van der Waals surface area (Å²) in [7, 11) is 5.01. The van der Waals surface area contributed by atoms with Gasteiger partial charge in [0, 0.05) is 42.5 Å². The Balaban J connectivity index is 1.83. The van der Waals surface area contributed by atoms with Crippen LogP contribution in [0.5, 0.6) is 11.5 Å². The van der Waals surface area contributed by atoms with Gasteiger partial charge in [-0.1, -0.05) is 11.2 Å². The average molecular weight is 484 g/mol. The number of rotatable bonds is 7. The normalized spacial score (nSPS) is 15.2. The van der Waals surface area contributed by atoms with Crippen molar-refractivity contribution in [1.29, 1.82) is 0 Å². The molecule has 184 valence electrons. The number of halogens is 2. The maximum Gasteiger partial charge on any atom is 0.255 e. The van der Waals surface area contributed by atoms with Crippen molar-refractivity contribution in [2.45, 2.75) is 18.9 Å². The van der Waals surface area contributed by atoms with Gasteiger partial charge < -0.3 is 19.2 Å². The SMILES string of the molecule is COc1cccc(OC)c1-n1cc(C(=NOC2CCN(C)CC2)c2ccc(F)cc2F)ccc1=O. The summed E-state index contributed by atoms with van der Waals surface area (Å²) < 4.78 is 40.7. The van der Waals surface area contributed by atoms with Gasteiger partial charge in [0.15, 0.2) is 0 Å². The van der Waals surface area contributed by atoms with Gasteiger partial charge in [-0.3, -0.25) is 9.36 Å². The fraction of sp³-hybridized carbons (Fsp3) is 0.308. The fourth-order valence-electron chi connectivity index (χ4n) is 4.03. The number of ether oxygens (including phenoxy) is 2. The molecule has 3 aromatic rings. The third-order valence-electron chi connectivity index (χ3n) is 5.97. The van der Waals surface area contributed by atoms with Gasteiger partial charge in [-0.2, -0.15) is 0 Å². The number of methoxy groups -OCH3 is 2. The van der Waals surface area contributed by atoms with E-state index in [9.17, 15) is 13.6 Å². The lowest BCUT2D eigenvalue weighted by Gasteiger charge is -2.27. The van der Waals surface area contributed by atoms with Crippen LogP contribution >= 0.6 is 0 Å². The van der Waals surface area contributed by atoms with E-state index >= 15 is 0 Å². The third-order valence-corrected chi connectivity index (χ3v) is 5.97. The average Bonchev–Trinajstić information content (AvgIpc) is 2.86. The lowest BCUT2D eigenvalue weighted by molar-refractivity contribution is 0.0163. The summed E-state index contributed by atoms with van der Waals surface area (Å²) in [4.78, 5) is 20.9. The predicted molar refractivity (Wildman–Crippen MR) is 129 cm³/mol. The number of aromatic nitrogens is 1. The van der Waals surface area contributed by atoms with Gasteiger partial charge in [-0.15, -0.1) is 0 Å². The number of hydrogen-bond acceptors (Lipinski definition) is 6. The molecule has 0 spiro atoms. The molecule has 7 nitrogen and oxygen atoms in total. The summed E-state index contributed by atoms with van der Waals surface area (Å²) in [6.45, 7) is 1.72. The van der Waals surface area contributed by atoms with E-state index in [0.29, 0.717) is 22.7 Å². The molecular formula is C26H27F2N3O4. The summed E-state index contributed by atoms with van der Waals surface area (Å²) >= 11 is 0. The van der Waals surface area contributed by atoms with Crippen molar-refractivity contribution in [3.8, 4) is 17.2 Å². The Kier molecular flexibility index (Phi) is 7.45. The monoisotopic (exact) mass is 483 g/mol. The molecule has 1 aromatic heterocycles. The van der Waals surface area contributed by atoms with E-state index in [1.165, 1.54) is 43.2 Å². The van der Waals surface area contributed by atoms with E-state index in [1.54, 1.807) is 18.2 Å². The molecule has 0 radical (unpaired) electrons. The zero-order valence-electron chi connectivity index (χ0n) is 19.8. The second kappa shape index (κ2) is 10.7. The summed E-state index contributed by atoms with van der Waals surface area (Å²) in [5, 5.41) is 4.31. The number of nitrogens with zero attached hydrogens (tertiary/aromatic N) is 3. The van der Waals surface area contributed by atoms with Crippen molar-refractivity contribution < 1.29 is 23.1 Å². The molecule has 0 N–H and O–H groups in total. The number of likely N-dealkylation sites (tertiary alicyclic amines) is 1. The topological polar surface area (TPSA) is 65.3 Å². The van der Waals surface area contributed by atoms with Crippen molar-refractivity contribution in [2.24, 2.45) is 5.16 Å². The van der Waals surface area contributed by atoms with E-state index in [2.05, 4.69) is 10.1 Å². The first-order valence-electron chi connectivity index (χ1n) is 11.2. The molecule has 1 aliphatic rings. The Morgan fingerprint density at radius 1 is 1.00 bits per heavy atom. The Labute approximate surface area is 202 Å². The van der Waals surface area contributed by atoms with Crippen LogP contribution in [0.15, 0.2) is 64.7 Å². The molecule has 0 bridgehead atoms. The zero-order chi connectivity index (χ0) is 24.9. The minimum atomic E-state index is -0.789. The Morgan fingerprint density at radius 3 is 2.31 bits per heavy atom. The van der Waals surface area contributed by atoms with Gasteiger partial charge in [-0.05, 0) is 50.2 Å². The van der Waals surface area contributed by atoms with Crippen LogP contribution in [0.2, 0.25) is 0 Å². The van der Waals surface area contributed by atoms with Crippen molar-refractivity contribution in [1.82, 2.24) is 9.47 Å². The van der Waals surface area contributed by atoms with Gasteiger partial charge >= 0.3 is 0 Å². The molecule has 1 saturated heterocycles. The van der Waals surface area contributed by atoms with E-state index in [-0.39, 0.29) is 22.9 Å². The van der Waals surface area contributed by atoms with Gasteiger partial charge in [0.05, 0.1) is 14.2 Å². The molecular weight excluding hydrogens is 456 g/mol. The number of benzene rings is 2. The minimum Gasteiger partial charge on any atom is -0.494 e. The summed E-state index contributed by atoms with van der Waals surface area (Å²) in [6, 6.07) is 11.3. The number of para-hydroxylation sites is 1. The molecule has 4 rings (SSSR count). The van der Waals surface area contributed by atoms with Crippen LogP contribution in [-0.2, 0) is 4.84 Å². The van der Waals surface area contributed by atoms with Gasteiger partial charge in [0.25, 0.3) is 5.56 Å². The lowest BCUT2D eigenvalue weighted by atomic mass is 10.0. The highest BCUT2D eigenvalue weighted by Gasteiger charge is 2.21. The molecule has 0 amide bonds. The van der Waals surface area contributed by atoms with Gasteiger partial charge in [0.1, 0.15) is 40.6 Å². The molecule has 1 aliphatic heterocycles. The molecule has 1 fully saturated rings. The van der Waals surface area contributed by atoms with E-state index in [4.69, 9.17) is 14.3 Å². The molecule has 0 unspecified atom stereocenters. The number of piperidine rings is 1. The van der Waals surface area contributed by atoms with Crippen molar-refractivity contribution in [3.63, 3.8) is 0 Å². The van der Waals surface area contributed by atoms with Crippen LogP contribution in [0, 0.1) is 11.6 Å². The van der Waals surface area contributed by atoms with Crippen LogP contribution in [0.4, 0.5) is 8.78 Å². The first-order chi connectivity index (χ1) is 16.9. The van der Waals surface area contributed by atoms with Gasteiger partial charge in [0.2, 0.25) is 0 Å². The van der Waals surface area contributed by atoms with Crippen LogP contribution in [0.3, 0.4) is 0 Å². The Bertz CT molecular complexity index is 1260. The molecule has 0 saturated carbocycles. The smallest absolute Gasteiger partial charge is 0.255 e. The molecule has 2 aromatic carbocycles. The largest absolute Gasteiger partial charge is 0.494 e. The maximum atomic E-state index is 14.9. The van der Waals surface area contributed by atoms with Crippen molar-refractivity contribution in [3.05, 3.63) is 87.8 Å². The predicted octanol–water partition coefficient (Wildman–Crippen LogP) is 4.00. The zero-order valence-corrected chi connectivity index (χ0v) is 19.8. The standard InChI is InChI=1S/C26H27F2N3O4/c1-30-13-11-19(12-14-30)35-29-25(20-9-8-18(27)15-21(20)28)17-7-10-24(32)31(16-17)26-22(33-2)5-4-6-23(26)34-3/h4-10,15-16,19H,11-14H2,1-3H3. The molecule has 2 heterocycles. The lowest BCUT2D eigenvalue weighted by Crippen LogP contribution is -2.33. The van der Waals surface area contributed by atoms with E-state index in [0.717, 1.165) is 38.1 Å². The number of oxime groups is 1. The fourth-order valence-corrected chi connectivity index (χ4v) is 4.03. The second-order valence-electron chi connectivity index (χ2n) is 8.31. The summed E-state index contributed by atoms with van der Waals surface area (Å²) in [5.41, 5.74) is 0.628. The number of pyridine rings is 1. The van der Waals surface area contributed by atoms with Crippen LogP contribution in [0.25, 0.3) is 5.69 Å². The summed E-state index contributed by atoms with van der Waals surface area (Å²) in [6.07, 6.45) is 2.93. The van der Waals surface area contributed by atoms with Crippen molar-refractivity contribution in [2.75, 3.05) is 34.4 Å². The molecule has 35 heavy (non-hydrogen) atoms. The maximum absolute atomic E-state index is 14.9. The first kappa shape index (κ1) is 24.4. The Morgan fingerprint density at radius 2 is 1.69 bits per heavy atom. The second-order valence-corrected chi connectivity index (χ2v) is 8.31. The molecule has 0 aliphatic carbocycles. The van der Waals surface area contributed by atoms with Crippen LogP contribution in [-0.4, -0.2) is 55.6 Å². The van der Waals surface area contributed by atoms with Crippen molar-refractivity contribution >= 4 is 5.71 Å².